The quantitative estimate of drug-likeness (QED) is 0.560. The SMILES string of the molecule is OC(C#Cc1ccccc1)C1=CCCCC1. The smallest absolute Gasteiger partial charge is 0.136 e. The van der Waals surface area contributed by atoms with E-state index in [0.717, 1.165) is 24.0 Å². The van der Waals surface area contributed by atoms with Gasteiger partial charge in [-0.2, -0.15) is 0 Å². The van der Waals surface area contributed by atoms with Gasteiger partial charge in [0, 0.05) is 5.56 Å². The van der Waals surface area contributed by atoms with Gasteiger partial charge in [-0.25, -0.2) is 0 Å². The molecule has 0 aromatic heterocycles. The molecule has 0 saturated heterocycles. The summed E-state index contributed by atoms with van der Waals surface area (Å²) in [5.74, 6) is 5.91. The molecular formula is C15H16O. The van der Waals surface area contributed by atoms with Gasteiger partial charge in [0.2, 0.25) is 0 Å². The molecule has 0 amide bonds. The molecule has 16 heavy (non-hydrogen) atoms. The summed E-state index contributed by atoms with van der Waals surface area (Å²) in [6, 6.07) is 9.78. The Balaban J connectivity index is 2.04. The van der Waals surface area contributed by atoms with Crippen molar-refractivity contribution in [2.75, 3.05) is 0 Å². The molecule has 0 aliphatic heterocycles. The molecule has 1 aliphatic carbocycles. The lowest BCUT2D eigenvalue weighted by molar-refractivity contribution is 0.260. The maximum atomic E-state index is 9.89. The zero-order valence-corrected chi connectivity index (χ0v) is 9.32. The first-order valence-electron chi connectivity index (χ1n) is 5.80. The molecule has 1 N–H and O–H groups in total. The molecule has 1 atom stereocenters. The van der Waals surface area contributed by atoms with Crippen LogP contribution >= 0.6 is 0 Å². The monoisotopic (exact) mass is 212 g/mol. The highest BCUT2D eigenvalue weighted by Gasteiger charge is 2.10. The van der Waals surface area contributed by atoms with E-state index in [1.807, 2.05) is 30.3 Å². The topological polar surface area (TPSA) is 20.2 Å². The maximum Gasteiger partial charge on any atom is 0.136 e. The molecule has 2 rings (SSSR count). The van der Waals surface area contributed by atoms with Crippen molar-refractivity contribution in [3.63, 3.8) is 0 Å². The van der Waals surface area contributed by atoms with E-state index in [0.29, 0.717) is 0 Å². The van der Waals surface area contributed by atoms with Gasteiger partial charge >= 0.3 is 0 Å². The second-order valence-electron chi connectivity index (χ2n) is 4.06. The summed E-state index contributed by atoms with van der Waals surface area (Å²) >= 11 is 0. The van der Waals surface area contributed by atoms with Gasteiger partial charge in [0.15, 0.2) is 0 Å². The van der Waals surface area contributed by atoms with Gasteiger partial charge in [-0.05, 0) is 43.4 Å². The summed E-state index contributed by atoms with van der Waals surface area (Å²) in [5, 5.41) is 9.89. The van der Waals surface area contributed by atoms with Crippen LogP contribution in [0.3, 0.4) is 0 Å². The Hall–Kier alpha value is -1.52. The molecule has 82 valence electrons. The Morgan fingerprint density at radius 2 is 1.94 bits per heavy atom. The Bertz CT molecular complexity index is 420. The number of allylic oxidation sites excluding steroid dienone is 1. The Morgan fingerprint density at radius 1 is 1.12 bits per heavy atom. The summed E-state index contributed by atoms with van der Waals surface area (Å²) in [7, 11) is 0. The fourth-order valence-electron chi connectivity index (χ4n) is 1.88. The van der Waals surface area contributed by atoms with Gasteiger partial charge in [0.05, 0.1) is 0 Å². The van der Waals surface area contributed by atoms with Crippen molar-refractivity contribution in [3.8, 4) is 11.8 Å². The van der Waals surface area contributed by atoms with E-state index < -0.39 is 6.10 Å². The molecule has 1 aromatic rings. The molecule has 0 spiro atoms. The number of benzene rings is 1. The van der Waals surface area contributed by atoms with Gasteiger partial charge in [-0.1, -0.05) is 36.1 Å². The minimum atomic E-state index is -0.583. The van der Waals surface area contributed by atoms with Crippen LogP contribution in [0.1, 0.15) is 31.2 Å². The Kier molecular flexibility index (Phi) is 3.80. The van der Waals surface area contributed by atoms with Gasteiger partial charge in [-0.3, -0.25) is 0 Å². The van der Waals surface area contributed by atoms with Crippen molar-refractivity contribution < 1.29 is 5.11 Å². The van der Waals surface area contributed by atoms with E-state index in [4.69, 9.17) is 0 Å². The predicted molar refractivity (Wildman–Crippen MR) is 65.9 cm³/mol. The zero-order valence-electron chi connectivity index (χ0n) is 9.32. The third kappa shape index (κ3) is 2.98. The van der Waals surface area contributed by atoms with Crippen LogP contribution in [0.4, 0.5) is 0 Å². The van der Waals surface area contributed by atoms with Crippen LogP contribution in [0.15, 0.2) is 42.0 Å². The molecule has 1 heteroatoms. The molecule has 0 heterocycles. The van der Waals surface area contributed by atoms with Crippen molar-refractivity contribution in [2.24, 2.45) is 0 Å². The highest BCUT2D eigenvalue weighted by molar-refractivity contribution is 5.36. The van der Waals surface area contributed by atoms with Gasteiger partial charge in [-0.15, -0.1) is 0 Å². The molecule has 0 radical (unpaired) electrons. The van der Waals surface area contributed by atoms with Crippen molar-refractivity contribution in [3.05, 3.63) is 47.5 Å². The zero-order chi connectivity index (χ0) is 11.2. The molecular weight excluding hydrogens is 196 g/mol. The first-order chi connectivity index (χ1) is 7.86. The standard InChI is InChI=1S/C15H16O/c16-15(14-9-5-2-6-10-14)12-11-13-7-3-1-4-8-13/h1,3-4,7-9,15-16H,2,5-6,10H2. The van der Waals surface area contributed by atoms with Crippen LogP contribution in [-0.4, -0.2) is 11.2 Å². The second-order valence-corrected chi connectivity index (χ2v) is 4.06. The van der Waals surface area contributed by atoms with E-state index in [-0.39, 0.29) is 0 Å². The second kappa shape index (κ2) is 5.53. The highest BCUT2D eigenvalue weighted by Crippen LogP contribution is 2.19. The summed E-state index contributed by atoms with van der Waals surface area (Å²) in [4.78, 5) is 0. The Labute approximate surface area is 96.8 Å². The van der Waals surface area contributed by atoms with Crippen molar-refractivity contribution in [1.82, 2.24) is 0 Å². The van der Waals surface area contributed by atoms with Crippen LogP contribution in [0, 0.1) is 11.8 Å². The van der Waals surface area contributed by atoms with E-state index in [9.17, 15) is 5.11 Å². The molecule has 0 fully saturated rings. The normalized spacial score (nSPS) is 16.9. The number of aliphatic hydroxyl groups is 1. The van der Waals surface area contributed by atoms with E-state index in [2.05, 4.69) is 17.9 Å². The third-order valence-electron chi connectivity index (χ3n) is 2.80. The van der Waals surface area contributed by atoms with Gasteiger partial charge < -0.3 is 5.11 Å². The fourth-order valence-corrected chi connectivity index (χ4v) is 1.88. The van der Waals surface area contributed by atoms with Crippen molar-refractivity contribution in [2.45, 2.75) is 31.8 Å². The first kappa shape index (κ1) is 11.0. The lowest BCUT2D eigenvalue weighted by Gasteiger charge is -2.13. The summed E-state index contributed by atoms with van der Waals surface area (Å²) in [6.45, 7) is 0. The summed E-state index contributed by atoms with van der Waals surface area (Å²) in [6.07, 6.45) is 6.04. The molecule has 1 unspecified atom stereocenters. The lowest BCUT2D eigenvalue weighted by atomic mass is 9.95. The van der Waals surface area contributed by atoms with Gasteiger partial charge in [0.25, 0.3) is 0 Å². The summed E-state index contributed by atoms with van der Waals surface area (Å²) < 4.78 is 0. The maximum absolute atomic E-state index is 9.89. The number of hydrogen-bond acceptors (Lipinski definition) is 1. The van der Waals surface area contributed by atoms with Crippen LogP contribution < -0.4 is 0 Å². The third-order valence-corrected chi connectivity index (χ3v) is 2.80. The number of hydrogen-bond donors (Lipinski definition) is 1. The molecule has 0 saturated carbocycles. The summed E-state index contributed by atoms with van der Waals surface area (Å²) in [5.41, 5.74) is 2.05. The Morgan fingerprint density at radius 3 is 2.62 bits per heavy atom. The highest BCUT2D eigenvalue weighted by atomic mass is 16.3. The largest absolute Gasteiger partial charge is 0.376 e. The number of aliphatic hydroxyl groups excluding tert-OH is 1. The van der Waals surface area contributed by atoms with E-state index in [1.165, 1.54) is 12.8 Å². The van der Waals surface area contributed by atoms with E-state index in [1.54, 1.807) is 0 Å². The average Bonchev–Trinajstić information content (AvgIpc) is 2.38. The molecule has 1 nitrogen and oxygen atoms in total. The van der Waals surface area contributed by atoms with Crippen LogP contribution in [-0.2, 0) is 0 Å². The molecule has 1 aromatic carbocycles. The van der Waals surface area contributed by atoms with Crippen molar-refractivity contribution >= 4 is 0 Å². The fraction of sp³-hybridized carbons (Fsp3) is 0.333. The van der Waals surface area contributed by atoms with Crippen LogP contribution in [0.5, 0.6) is 0 Å². The minimum Gasteiger partial charge on any atom is -0.376 e. The average molecular weight is 212 g/mol. The van der Waals surface area contributed by atoms with Crippen LogP contribution in [0.2, 0.25) is 0 Å². The number of rotatable bonds is 1. The first-order valence-corrected chi connectivity index (χ1v) is 5.80. The lowest BCUT2D eigenvalue weighted by Crippen LogP contribution is -2.09. The van der Waals surface area contributed by atoms with Crippen molar-refractivity contribution in [1.29, 1.82) is 0 Å². The van der Waals surface area contributed by atoms with Gasteiger partial charge in [0.1, 0.15) is 6.10 Å². The molecule has 0 bridgehead atoms. The minimum absolute atomic E-state index is 0.583. The predicted octanol–water partition coefficient (Wildman–Crippen LogP) is 2.90. The molecule has 1 aliphatic rings. The van der Waals surface area contributed by atoms with E-state index >= 15 is 0 Å². The van der Waals surface area contributed by atoms with Crippen LogP contribution in [0.25, 0.3) is 0 Å².